The van der Waals surface area contributed by atoms with Gasteiger partial charge in [0.15, 0.2) is 0 Å². The number of aliphatic hydroxyl groups excluding tert-OH is 1. The summed E-state index contributed by atoms with van der Waals surface area (Å²) in [5.74, 6) is -0.955. The molecule has 0 aromatic heterocycles. The van der Waals surface area contributed by atoms with Crippen LogP contribution in [0.25, 0.3) is 0 Å². The predicted octanol–water partition coefficient (Wildman–Crippen LogP) is 2.03. The first-order valence-corrected chi connectivity index (χ1v) is 8.02. The first kappa shape index (κ1) is 16.0. The number of hydrogen-bond acceptors (Lipinski definition) is 5. The lowest BCUT2D eigenvalue weighted by Gasteiger charge is -2.58. The van der Waals surface area contributed by atoms with Crippen molar-refractivity contribution in [2.75, 3.05) is 14.2 Å². The minimum atomic E-state index is -0.992. The fourth-order valence-corrected chi connectivity index (χ4v) is 4.96. The van der Waals surface area contributed by atoms with Crippen molar-refractivity contribution in [1.29, 1.82) is 0 Å². The summed E-state index contributed by atoms with van der Waals surface area (Å²) in [5.41, 5.74) is 1.15. The molecule has 3 aliphatic rings. The van der Waals surface area contributed by atoms with Crippen LogP contribution in [0.15, 0.2) is 11.1 Å². The molecule has 0 amide bonds. The molecule has 0 aromatic carbocycles. The summed E-state index contributed by atoms with van der Waals surface area (Å²) in [6.07, 6.45) is 1.66. The van der Waals surface area contributed by atoms with Gasteiger partial charge >= 0.3 is 5.97 Å². The smallest absolute Gasteiger partial charge is 0.336 e. The van der Waals surface area contributed by atoms with Crippen molar-refractivity contribution in [3.63, 3.8) is 0 Å². The molecule has 1 heterocycles. The van der Waals surface area contributed by atoms with Crippen LogP contribution in [0.2, 0.25) is 0 Å². The zero-order valence-electron chi connectivity index (χ0n) is 14.0. The molecule has 1 N–H and O–H groups in total. The average Bonchev–Trinajstić information content (AvgIpc) is 2.75. The quantitative estimate of drug-likeness (QED) is 0.791. The van der Waals surface area contributed by atoms with Crippen molar-refractivity contribution in [3.8, 4) is 0 Å². The van der Waals surface area contributed by atoms with Crippen LogP contribution < -0.4 is 0 Å². The Morgan fingerprint density at radius 3 is 2.59 bits per heavy atom. The molecule has 2 saturated carbocycles. The van der Waals surface area contributed by atoms with Crippen molar-refractivity contribution < 1.29 is 24.1 Å². The molecule has 0 aromatic rings. The topological polar surface area (TPSA) is 65.0 Å². The summed E-state index contributed by atoms with van der Waals surface area (Å²) in [4.78, 5) is 12.2. The Morgan fingerprint density at radius 1 is 1.32 bits per heavy atom. The van der Waals surface area contributed by atoms with Gasteiger partial charge in [-0.1, -0.05) is 13.8 Å². The van der Waals surface area contributed by atoms with E-state index in [-0.39, 0.29) is 35.4 Å². The van der Waals surface area contributed by atoms with E-state index in [9.17, 15) is 9.90 Å². The molecule has 2 fully saturated rings. The molecule has 22 heavy (non-hydrogen) atoms. The maximum atomic E-state index is 12.2. The van der Waals surface area contributed by atoms with Crippen LogP contribution in [0, 0.1) is 17.3 Å². The van der Waals surface area contributed by atoms with Crippen LogP contribution in [0.3, 0.4) is 0 Å². The first-order valence-electron chi connectivity index (χ1n) is 8.02. The standard InChI is InChI=1S/C17H26O5/c1-9-13-14(20-4)16(3)10(2)12(18)7-6-11(16)8-17(13,21-5)22-15(9)19/h10-12,14,18H,6-8H2,1-5H3/t10-,11+,12-,14+,16+,17-/m0/s1. The number of aliphatic hydroxyl groups is 1. The third kappa shape index (κ3) is 1.79. The molecule has 0 spiro atoms. The van der Waals surface area contributed by atoms with E-state index >= 15 is 0 Å². The monoisotopic (exact) mass is 310 g/mol. The first-order chi connectivity index (χ1) is 10.3. The number of rotatable bonds is 2. The molecule has 3 rings (SSSR count). The highest BCUT2D eigenvalue weighted by molar-refractivity contribution is 5.92. The van der Waals surface area contributed by atoms with E-state index in [1.807, 2.05) is 0 Å². The number of carbonyl (C=O) groups excluding carboxylic acids is 1. The van der Waals surface area contributed by atoms with Gasteiger partial charge in [-0.2, -0.15) is 0 Å². The van der Waals surface area contributed by atoms with Crippen LogP contribution >= 0.6 is 0 Å². The molecule has 0 saturated heterocycles. The number of esters is 1. The second-order valence-corrected chi connectivity index (χ2v) is 7.20. The van der Waals surface area contributed by atoms with Gasteiger partial charge in [0.05, 0.1) is 12.2 Å². The second kappa shape index (κ2) is 5.05. The fraction of sp³-hybridized carbons (Fsp3) is 0.824. The lowest BCUT2D eigenvalue weighted by atomic mass is 9.51. The van der Waals surface area contributed by atoms with Crippen LogP contribution in [-0.2, 0) is 19.0 Å². The largest absolute Gasteiger partial charge is 0.425 e. The second-order valence-electron chi connectivity index (χ2n) is 7.20. The highest BCUT2D eigenvalue weighted by Gasteiger charge is 2.65. The molecular formula is C17H26O5. The Bertz CT molecular complexity index is 527. The molecule has 0 bridgehead atoms. The average molecular weight is 310 g/mol. The van der Waals surface area contributed by atoms with E-state index in [1.165, 1.54) is 0 Å². The van der Waals surface area contributed by atoms with Crippen molar-refractivity contribution in [2.24, 2.45) is 17.3 Å². The van der Waals surface area contributed by atoms with Crippen molar-refractivity contribution in [2.45, 2.75) is 58.0 Å². The van der Waals surface area contributed by atoms with Gasteiger partial charge < -0.3 is 19.3 Å². The van der Waals surface area contributed by atoms with Gasteiger partial charge in [0.25, 0.3) is 0 Å². The Hall–Kier alpha value is -0.910. The van der Waals surface area contributed by atoms with Crippen LogP contribution in [0.5, 0.6) is 0 Å². The Balaban J connectivity index is 2.15. The molecular weight excluding hydrogens is 284 g/mol. The van der Waals surface area contributed by atoms with Gasteiger partial charge in [0.1, 0.15) is 0 Å². The predicted molar refractivity (Wildman–Crippen MR) is 79.9 cm³/mol. The van der Waals surface area contributed by atoms with E-state index in [4.69, 9.17) is 14.2 Å². The lowest BCUT2D eigenvalue weighted by molar-refractivity contribution is -0.242. The van der Waals surface area contributed by atoms with E-state index in [0.29, 0.717) is 12.0 Å². The highest BCUT2D eigenvalue weighted by Crippen LogP contribution is 2.61. The van der Waals surface area contributed by atoms with Gasteiger partial charge in [-0.3, -0.25) is 0 Å². The number of fused-ring (bicyclic) bond motifs is 2. The van der Waals surface area contributed by atoms with Gasteiger partial charge in [0, 0.05) is 37.2 Å². The molecule has 0 radical (unpaired) electrons. The summed E-state index contributed by atoms with van der Waals surface area (Å²) in [5, 5.41) is 10.4. The van der Waals surface area contributed by atoms with Crippen molar-refractivity contribution in [1.82, 2.24) is 0 Å². The minimum absolute atomic E-state index is 0.0852. The van der Waals surface area contributed by atoms with E-state index in [2.05, 4.69) is 13.8 Å². The maximum absolute atomic E-state index is 12.2. The van der Waals surface area contributed by atoms with E-state index < -0.39 is 5.79 Å². The number of carbonyl (C=O) groups is 1. The third-order valence-electron chi connectivity index (χ3n) is 6.53. The highest BCUT2D eigenvalue weighted by atomic mass is 16.7. The minimum Gasteiger partial charge on any atom is -0.425 e. The van der Waals surface area contributed by atoms with Gasteiger partial charge in [-0.25, -0.2) is 4.79 Å². The number of hydrogen-bond donors (Lipinski definition) is 1. The number of methoxy groups -OCH3 is 2. The summed E-state index contributed by atoms with van der Waals surface area (Å²) >= 11 is 0. The van der Waals surface area contributed by atoms with E-state index in [0.717, 1.165) is 18.4 Å². The van der Waals surface area contributed by atoms with Gasteiger partial charge in [0.2, 0.25) is 5.79 Å². The molecule has 0 unspecified atom stereocenters. The maximum Gasteiger partial charge on any atom is 0.336 e. The molecule has 6 atom stereocenters. The summed E-state index contributed by atoms with van der Waals surface area (Å²) < 4.78 is 17.2. The van der Waals surface area contributed by atoms with Crippen LogP contribution in [-0.4, -0.2) is 43.3 Å². The van der Waals surface area contributed by atoms with E-state index in [1.54, 1.807) is 21.1 Å². The summed E-state index contributed by atoms with van der Waals surface area (Å²) in [7, 11) is 3.25. The third-order valence-corrected chi connectivity index (χ3v) is 6.53. The molecule has 2 aliphatic carbocycles. The zero-order chi connectivity index (χ0) is 16.3. The SMILES string of the molecule is CO[C@@H]1C2=C(C)C(=O)O[C@@]2(OC)C[C@H]2CC[C@H](O)[C@H](C)[C@]21C. The van der Waals surface area contributed by atoms with Crippen LogP contribution in [0.4, 0.5) is 0 Å². The van der Waals surface area contributed by atoms with Crippen molar-refractivity contribution >= 4 is 5.97 Å². The van der Waals surface area contributed by atoms with Gasteiger partial charge in [-0.15, -0.1) is 0 Å². The molecule has 1 aliphatic heterocycles. The summed E-state index contributed by atoms with van der Waals surface area (Å²) in [6, 6.07) is 0. The van der Waals surface area contributed by atoms with Crippen molar-refractivity contribution in [3.05, 3.63) is 11.1 Å². The van der Waals surface area contributed by atoms with Gasteiger partial charge in [-0.05, 0) is 31.6 Å². The molecule has 5 nitrogen and oxygen atoms in total. The fourth-order valence-electron chi connectivity index (χ4n) is 4.96. The Morgan fingerprint density at radius 2 is 2.00 bits per heavy atom. The van der Waals surface area contributed by atoms with Crippen LogP contribution in [0.1, 0.15) is 40.0 Å². The number of ether oxygens (including phenoxy) is 3. The Kier molecular flexibility index (Phi) is 3.66. The normalized spacial score (nSPS) is 48.0. The molecule has 5 heteroatoms. The zero-order valence-corrected chi connectivity index (χ0v) is 14.0. The lowest BCUT2D eigenvalue weighted by Crippen LogP contribution is -2.61. The molecule has 124 valence electrons. The summed E-state index contributed by atoms with van der Waals surface area (Å²) in [6.45, 7) is 6.02. The Labute approximate surface area is 131 Å².